The molecular formula is C23H25NO6S. The number of esters is 1. The SMILES string of the molecule is CC[C@@H](C)[C@@H](NS(=O)(=O)c1ccc(C)cc1)C(=O)Oc1ccc2c(C)cc(=O)oc2c1. The van der Waals surface area contributed by atoms with Crippen molar-refractivity contribution in [1.29, 1.82) is 0 Å². The van der Waals surface area contributed by atoms with Crippen LogP contribution < -0.4 is 15.1 Å². The Balaban J connectivity index is 1.87. The molecule has 3 aromatic rings. The Labute approximate surface area is 181 Å². The van der Waals surface area contributed by atoms with E-state index in [1.54, 1.807) is 38.1 Å². The predicted molar refractivity (Wildman–Crippen MR) is 118 cm³/mol. The van der Waals surface area contributed by atoms with Crippen LogP contribution in [-0.4, -0.2) is 20.4 Å². The fraction of sp³-hybridized carbons (Fsp3) is 0.304. The summed E-state index contributed by atoms with van der Waals surface area (Å²) in [5, 5.41) is 0.720. The maximum atomic E-state index is 12.9. The summed E-state index contributed by atoms with van der Waals surface area (Å²) in [5.41, 5.74) is 1.45. The van der Waals surface area contributed by atoms with Crippen molar-refractivity contribution in [3.63, 3.8) is 0 Å². The molecule has 0 saturated heterocycles. The van der Waals surface area contributed by atoms with Gasteiger partial charge in [0.1, 0.15) is 17.4 Å². The van der Waals surface area contributed by atoms with Gasteiger partial charge in [-0.25, -0.2) is 18.0 Å². The Kier molecular flexibility index (Phi) is 6.62. The third kappa shape index (κ3) is 5.21. The number of nitrogens with one attached hydrogen (secondary N) is 1. The van der Waals surface area contributed by atoms with Gasteiger partial charge in [0.25, 0.3) is 0 Å². The van der Waals surface area contributed by atoms with Crippen LogP contribution >= 0.6 is 0 Å². The number of ether oxygens (including phenoxy) is 1. The highest BCUT2D eigenvalue weighted by atomic mass is 32.2. The quantitative estimate of drug-likeness (QED) is 0.339. The minimum Gasteiger partial charge on any atom is -0.425 e. The van der Waals surface area contributed by atoms with Gasteiger partial charge in [0.15, 0.2) is 0 Å². The van der Waals surface area contributed by atoms with Crippen LogP contribution in [0, 0.1) is 19.8 Å². The number of rotatable bonds is 7. The number of hydrogen-bond acceptors (Lipinski definition) is 6. The Morgan fingerprint density at radius 1 is 1.10 bits per heavy atom. The van der Waals surface area contributed by atoms with Crippen LogP contribution in [0.2, 0.25) is 0 Å². The second kappa shape index (κ2) is 9.03. The van der Waals surface area contributed by atoms with Gasteiger partial charge in [-0.05, 0) is 49.6 Å². The van der Waals surface area contributed by atoms with Gasteiger partial charge in [-0.15, -0.1) is 0 Å². The monoisotopic (exact) mass is 443 g/mol. The highest BCUT2D eigenvalue weighted by molar-refractivity contribution is 7.89. The summed E-state index contributed by atoms with van der Waals surface area (Å²) in [5.74, 6) is -0.887. The summed E-state index contributed by atoms with van der Waals surface area (Å²) in [6, 6.07) is 11.4. The normalized spacial score (nSPS) is 13.7. The molecule has 0 aliphatic rings. The van der Waals surface area contributed by atoms with E-state index in [1.807, 2.05) is 13.8 Å². The van der Waals surface area contributed by atoms with Gasteiger partial charge < -0.3 is 9.15 Å². The van der Waals surface area contributed by atoms with Crippen molar-refractivity contribution in [3.05, 3.63) is 70.1 Å². The lowest BCUT2D eigenvalue weighted by Crippen LogP contribution is -2.46. The summed E-state index contributed by atoms with van der Waals surface area (Å²) in [4.78, 5) is 24.6. The van der Waals surface area contributed by atoms with Crippen LogP contribution in [0.3, 0.4) is 0 Å². The molecule has 8 heteroatoms. The third-order valence-corrected chi connectivity index (χ3v) is 6.68. The topological polar surface area (TPSA) is 103 Å². The number of fused-ring (bicyclic) bond motifs is 1. The van der Waals surface area contributed by atoms with Crippen molar-refractivity contribution >= 4 is 27.0 Å². The molecule has 7 nitrogen and oxygen atoms in total. The van der Waals surface area contributed by atoms with E-state index in [9.17, 15) is 18.0 Å². The van der Waals surface area contributed by atoms with E-state index in [0.29, 0.717) is 6.42 Å². The number of hydrogen-bond donors (Lipinski definition) is 1. The standard InChI is InChI=1S/C23H25NO6S/c1-5-15(3)22(24-31(27,28)18-9-6-14(2)7-10-18)23(26)29-17-8-11-19-16(4)12-21(25)30-20(19)13-17/h6-13,15,22,24H,5H2,1-4H3/t15-,22-/m1/s1. The zero-order valence-corrected chi connectivity index (χ0v) is 18.7. The van der Waals surface area contributed by atoms with Gasteiger partial charge in [-0.2, -0.15) is 4.72 Å². The fourth-order valence-electron chi connectivity index (χ4n) is 3.13. The zero-order chi connectivity index (χ0) is 22.8. The summed E-state index contributed by atoms with van der Waals surface area (Å²) in [6.45, 7) is 7.27. The summed E-state index contributed by atoms with van der Waals surface area (Å²) in [7, 11) is -3.93. The molecule has 0 bridgehead atoms. The van der Waals surface area contributed by atoms with Crippen molar-refractivity contribution in [2.24, 2.45) is 5.92 Å². The van der Waals surface area contributed by atoms with E-state index < -0.39 is 27.7 Å². The second-order valence-corrected chi connectivity index (χ2v) is 9.34. The largest absolute Gasteiger partial charge is 0.425 e. The minimum absolute atomic E-state index is 0.0714. The molecule has 2 aromatic carbocycles. The molecule has 1 heterocycles. The van der Waals surface area contributed by atoms with Gasteiger partial charge in [-0.1, -0.05) is 38.0 Å². The van der Waals surface area contributed by atoms with Crippen LogP contribution in [0.1, 0.15) is 31.4 Å². The van der Waals surface area contributed by atoms with Crippen molar-refractivity contribution in [3.8, 4) is 5.75 Å². The molecule has 3 rings (SSSR count). The highest BCUT2D eigenvalue weighted by Gasteiger charge is 2.31. The van der Waals surface area contributed by atoms with Crippen LogP contribution in [0.5, 0.6) is 5.75 Å². The number of aryl methyl sites for hydroxylation is 2. The van der Waals surface area contributed by atoms with Gasteiger partial charge >= 0.3 is 11.6 Å². The first-order valence-corrected chi connectivity index (χ1v) is 11.4. The average molecular weight is 444 g/mol. The molecule has 0 saturated carbocycles. The lowest BCUT2D eigenvalue weighted by molar-refractivity contribution is -0.137. The lowest BCUT2D eigenvalue weighted by atomic mass is 10.0. The van der Waals surface area contributed by atoms with E-state index in [4.69, 9.17) is 9.15 Å². The van der Waals surface area contributed by atoms with Crippen LogP contribution in [0.25, 0.3) is 11.0 Å². The molecule has 0 spiro atoms. The summed E-state index contributed by atoms with van der Waals surface area (Å²) in [6.07, 6.45) is 0.558. The second-order valence-electron chi connectivity index (χ2n) is 7.63. The average Bonchev–Trinajstić information content (AvgIpc) is 2.71. The molecule has 164 valence electrons. The Bertz CT molecular complexity index is 1260. The predicted octanol–water partition coefficient (Wildman–Crippen LogP) is 3.71. The molecule has 0 aliphatic carbocycles. The first kappa shape index (κ1) is 22.7. The molecule has 0 aliphatic heterocycles. The lowest BCUT2D eigenvalue weighted by Gasteiger charge is -2.22. The maximum Gasteiger partial charge on any atom is 0.336 e. The molecule has 2 atom stereocenters. The van der Waals surface area contributed by atoms with Crippen LogP contribution in [0.15, 0.2) is 62.6 Å². The molecule has 0 radical (unpaired) electrons. The van der Waals surface area contributed by atoms with E-state index in [0.717, 1.165) is 16.5 Å². The van der Waals surface area contributed by atoms with Gasteiger partial charge in [-0.3, -0.25) is 0 Å². The molecule has 0 fully saturated rings. The van der Waals surface area contributed by atoms with Crippen molar-refractivity contribution in [2.45, 2.75) is 45.1 Å². The number of carbonyl (C=O) groups excluding carboxylic acids is 1. The van der Waals surface area contributed by atoms with Crippen molar-refractivity contribution < 1.29 is 22.4 Å². The molecule has 31 heavy (non-hydrogen) atoms. The smallest absolute Gasteiger partial charge is 0.336 e. The molecule has 0 unspecified atom stereocenters. The van der Waals surface area contributed by atoms with E-state index in [2.05, 4.69) is 4.72 Å². The van der Waals surface area contributed by atoms with Crippen molar-refractivity contribution in [1.82, 2.24) is 4.72 Å². The third-order valence-electron chi connectivity index (χ3n) is 5.22. The Hall–Kier alpha value is -2.97. The molecule has 0 amide bonds. The van der Waals surface area contributed by atoms with E-state index >= 15 is 0 Å². The van der Waals surface area contributed by atoms with E-state index in [-0.39, 0.29) is 22.1 Å². The molecule has 1 N–H and O–H groups in total. The van der Waals surface area contributed by atoms with Gasteiger partial charge in [0.2, 0.25) is 10.0 Å². The summed E-state index contributed by atoms with van der Waals surface area (Å²) >= 11 is 0. The first-order valence-electron chi connectivity index (χ1n) is 9.96. The van der Waals surface area contributed by atoms with Crippen LogP contribution in [-0.2, 0) is 14.8 Å². The van der Waals surface area contributed by atoms with Crippen molar-refractivity contribution in [2.75, 3.05) is 0 Å². The zero-order valence-electron chi connectivity index (χ0n) is 17.8. The summed E-state index contributed by atoms with van der Waals surface area (Å²) < 4.78 is 38.7. The fourth-order valence-corrected chi connectivity index (χ4v) is 4.43. The Morgan fingerprint density at radius 2 is 1.77 bits per heavy atom. The van der Waals surface area contributed by atoms with Gasteiger partial charge in [0, 0.05) is 17.5 Å². The number of sulfonamides is 1. The molecular weight excluding hydrogens is 418 g/mol. The first-order chi connectivity index (χ1) is 14.6. The Morgan fingerprint density at radius 3 is 2.42 bits per heavy atom. The number of benzene rings is 2. The van der Waals surface area contributed by atoms with Crippen LogP contribution in [0.4, 0.5) is 0 Å². The van der Waals surface area contributed by atoms with E-state index in [1.165, 1.54) is 24.3 Å². The van der Waals surface area contributed by atoms with Gasteiger partial charge in [0.05, 0.1) is 4.90 Å². The highest BCUT2D eigenvalue weighted by Crippen LogP contribution is 2.23. The maximum absolute atomic E-state index is 12.9. The minimum atomic E-state index is -3.93. The molecule has 1 aromatic heterocycles. The number of carbonyl (C=O) groups is 1.